The summed E-state index contributed by atoms with van der Waals surface area (Å²) >= 11 is 0. The predicted molar refractivity (Wildman–Crippen MR) is 77.2 cm³/mol. The fraction of sp³-hybridized carbons (Fsp3) is 0.500. The molecule has 6 heteroatoms. The number of carbonyl (C=O) groups excluding carboxylic acids is 1. The summed E-state index contributed by atoms with van der Waals surface area (Å²) in [6, 6.07) is 5.63. The molecule has 1 heterocycles. The van der Waals surface area contributed by atoms with E-state index in [1.807, 2.05) is 6.07 Å². The number of halogens is 1. The summed E-state index contributed by atoms with van der Waals surface area (Å²) in [5.41, 5.74) is -2.36. The number of aliphatic hydroxyl groups is 1. The normalized spacial score (nSPS) is 21.5. The molecular formula is C16H19FN2O3. The molecule has 118 valence electrons. The number of rotatable bonds is 1. The van der Waals surface area contributed by atoms with E-state index in [2.05, 4.69) is 0 Å². The van der Waals surface area contributed by atoms with Gasteiger partial charge < -0.3 is 9.84 Å². The number of amides is 1. The van der Waals surface area contributed by atoms with Crippen molar-refractivity contribution in [2.75, 3.05) is 6.54 Å². The minimum Gasteiger partial charge on any atom is -0.444 e. The highest BCUT2D eigenvalue weighted by Crippen LogP contribution is 2.38. The van der Waals surface area contributed by atoms with Crippen LogP contribution in [-0.4, -0.2) is 28.2 Å². The maximum Gasteiger partial charge on any atom is 0.412 e. The van der Waals surface area contributed by atoms with Crippen LogP contribution in [0.25, 0.3) is 0 Å². The van der Waals surface area contributed by atoms with Crippen molar-refractivity contribution in [3.8, 4) is 6.07 Å². The molecule has 5 nitrogen and oxygen atoms in total. The molecule has 0 bridgehead atoms. The second kappa shape index (κ2) is 5.58. The van der Waals surface area contributed by atoms with E-state index in [1.54, 1.807) is 20.8 Å². The maximum atomic E-state index is 14.1. The van der Waals surface area contributed by atoms with Gasteiger partial charge in [-0.15, -0.1) is 0 Å². The highest BCUT2D eigenvalue weighted by atomic mass is 19.1. The standard InChI is InChI=1S/C16H19FN2O3/c1-15(2,3)22-14(20)19-8-4-7-16(19,21)12-9-11(10-18)5-6-13(12)17/h5-6,9,21H,4,7-8H2,1-3H3. The lowest BCUT2D eigenvalue weighted by molar-refractivity contribution is -0.0912. The number of carbonyl (C=O) groups is 1. The van der Waals surface area contributed by atoms with Gasteiger partial charge in [-0.25, -0.2) is 9.18 Å². The molecule has 1 amide bonds. The highest BCUT2D eigenvalue weighted by molar-refractivity contribution is 5.70. The van der Waals surface area contributed by atoms with Gasteiger partial charge in [0.1, 0.15) is 11.4 Å². The monoisotopic (exact) mass is 306 g/mol. The second-order valence-electron chi connectivity index (χ2n) is 6.36. The molecule has 0 aromatic heterocycles. The molecule has 1 N–H and O–H groups in total. The van der Waals surface area contributed by atoms with Crippen molar-refractivity contribution in [2.24, 2.45) is 0 Å². The van der Waals surface area contributed by atoms with Gasteiger partial charge in [0.05, 0.1) is 11.6 Å². The van der Waals surface area contributed by atoms with Crippen LogP contribution >= 0.6 is 0 Å². The number of nitriles is 1. The zero-order valence-electron chi connectivity index (χ0n) is 12.9. The van der Waals surface area contributed by atoms with E-state index in [0.717, 1.165) is 11.0 Å². The average Bonchev–Trinajstić information content (AvgIpc) is 2.80. The number of nitrogens with zero attached hydrogens (tertiary/aromatic N) is 2. The van der Waals surface area contributed by atoms with Crippen LogP contribution in [0.5, 0.6) is 0 Å². The molecule has 0 aliphatic carbocycles. The lowest BCUT2D eigenvalue weighted by atomic mass is 9.97. The zero-order chi connectivity index (χ0) is 16.5. The van der Waals surface area contributed by atoms with Crippen LogP contribution in [0.4, 0.5) is 9.18 Å². The molecule has 2 rings (SSSR count). The summed E-state index contributed by atoms with van der Waals surface area (Å²) in [6.45, 7) is 5.42. The van der Waals surface area contributed by atoms with Crippen molar-refractivity contribution in [1.82, 2.24) is 4.90 Å². The smallest absolute Gasteiger partial charge is 0.412 e. The minimum atomic E-state index is -1.79. The maximum absolute atomic E-state index is 14.1. The molecule has 1 atom stereocenters. The third-order valence-electron chi connectivity index (χ3n) is 3.49. The molecule has 0 spiro atoms. The first-order chi connectivity index (χ1) is 10.2. The van der Waals surface area contributed by atoms with E-state index in [4.69, 9.17) is 10.00 Å². The summed E-state index contributed by atoms with van der Waals surface area (Å²) in [7, 11) is 0. The summed E-state index contributed by atoms with van der Waals surface area (Å²) in [5, 5.41) is 19.8. The van der Waals surface area contributed by atoms with E-state index in [-0.39, 0.29) is 24.1 Å². The first-order valence-electron chi connectivity index (χ1n) is 7.10. The lowest BCUT2D eigenvalue weighted by Gasteiger charge is -2.35. The van der Waals surface area contributed by atoms with Crippen LogP contribution in [0.1, 0.15) is 44.7 Å². The van der Waals surface area contributed by atoms with E-state index < -0.39 is 23.2 Å². The zero-order valence-corrected chi connectivity index (χ0v) is 12.9. The van der Waals surface area contributed by atoms with Gasteiger partial charge in [0.15, 0.2) is 5.72 Å². The average molecular weight is 306 g/mol. The van der Waals surface area contributed by atoms with Crippen LogP contribution in [0.3, 0.4) is 0 Å². The fourth-order valence-corrected chi connectivity index (χ4v) is 2.54. The van der Waals surface area contributed by atoms with Gasteiger partial charge in [-0.05, 0) is 45.4 Å². The molecule has 1 unspecified atom stereocenters. The molecule has 1 aliphatic rings. The second-order valence-corrected chi connectivity index (χ2v) is 6.36. The van der Waals surface area contributed by atoms with Gasteiger partial charge in [-0.1, -0.05) is 0 Å². The van der Waals surface area contributed by atoms with Gasteiger partial charge in [-0.3, -0.25) is 4.90 Å². The number of ether oxygens (including phenoxy) is 1. The number of likely N-dealkylation sites (tertiary alicyclic amines) is 1. The Morgan fingerprint density at radius 3 is 2.77 bits per heavy atom. The van der Waals surface area contributed by atoms with Crippen molar-refractivity contribution >= 4 is 6.09 Å². The number of hydrogen-bond donors (Lipinski definition) is 1. The van der Waals surface area contributed by atoms with E-state index in [9.17, 15) is 14.3 Å². The minimum absolute atomic E-state index is 0.0742. The molecule has 22 heavy (non-hydrogen) atoms. The Labute approximate surface area is 128 Å². The van der Waals surface area contributed by atoms with Crippen molar-refractivity contribution in [1.29, 1.82) is 5.26 Å². The van der Waals surface area contributed by atoms with Gasteiger partial charge in [0.2, 0.25) is 0 Å². The van der Waals surface area contributed by atoms with Crippen molar-refractivity contribution in [2.45, 2.75) is 44.9 Å². The van der Waals surface area contributed by atoms with Crippen molar-refractivity contribution in [3.05, 3.63) is 35.1 Å². The summed E-state index contributed by atoms with van der Waals surface area (Å²) in [4.78, 5) is 13.4. The topological polar surface area (TPSA) is 73.6 Å². The Balaban J connectivity index is 2.39. The van der Waals surface area contributed by atoms with Crippen LogP contribution in [0, 0.1) is 17.1 Å². The Kier molecular flexibility index (Phi) is 4.12. The quantitative estimate of drug-likeness (QED) is 0.866. The molecule has 1 saturated heterocycles. The molecular weight excluding hydrogens is 287 g/mol. The highest BCUT2D eigenvalue weighted by Gasteiger charge is 2.46. The predicted octanol–water partition coefficient (Wildman–Crippen LogP) is 2.87. The molecule has 0 saturated carbocycles. The summed E-state index contributed by atoms with van der Waals surface area (Å²) in [5.74, 6) is -0.656. The number of hydrogen-bond acceptors (Lipinski definition) is 4. The van der Waals surface area contributed by atoms with Crippen LogP contribution in [0.2, 0.25) is 0 Å². The van der Waals surface area contributed by atoms with Gasteiger partial charge >= 0.3 is 6.09 Å². The third-order valence-corrected chi connectivity index (χ3v) is 3.49. The van der Waals surface area contributed by atoms with E-state index >= 15 is 0 Å². The molecule has 1 aromatic rings. The molecule has 1 aliphatic heterocycles. The molecule has 1 fully saturated rings. The Morgan fingerprint density at radius 1 is 1.50 bits per heavy atom. The van der Waals surface area contributed by atoms with Crippen molar-refractivity contribution in [3.63, 3.8) is 0 Å². The van der Waals surface area contributed by atoms with Gasteiger partial charge in [0.25, 0.3) is 0 Å². The Bertz CT molecular complexity index is 633. The van der Waals surface area contributed by atoms with Gasteiger partial charge in [-0.2, -0.15) is 5.26 Å². The molecule has 1 aromatic carbocycles. The van der Waals surface area contributed by atoms with Crippen LogP contribution in [0.15, 0.2) is 18.2 Å². The first kappa shape index (κ1) is 16.2. The third kappa shape index (κ3) is 3.04. The van der Waals surface area contributed by atoms with Crippen LogP contribution < -0.4 is 0 Å². The van der Waals surface area contributed by atoms with E-state index in [0.29, 0.717) is 6.42 Å². The Hall–Kier alpha value is -2.13. The largest absolute Gasteiger partial charge is 0.444 e. The van der Waals surface area contributed by atoms with Crippen molar-refractivity contribution < 1.29 is 19.0 Å². The lowest BCUT2D eigenvalue weighted by Crippen LogP contribution is -2.47. The molecule has 0 radical (unpaired) electrons. The van der Waals surface area contributed by atoms with Crippen LogP contribution in [-0.2, 0) is 10.5 Å². The van der Waals surface area contributed by atoms with E-state index in [1.165, 1.54) is 12.1 Å². The first-order valence-corrected chi connectivity index (χ1v) is 7.10. The number of benzene rings is 1. The summed E-state index contributed by atoms with van der Waals surface area (Å²) < 4.78 is 19.4. The summed E-state index contributed by atoms with van der Waals surface area (Å²) in [6.07, 6.45) is 0.0126. The fourth-order valence-electron chi connectivity index (χ4n) is 2.54. The Morgan fingerprint density at radius 2 is 2.18 bits per heavy atom. The van der Waals surface area contributed by atoms with Gasteiger partial charge in [0, 0.05) is 18.5 Å². The SMILES string of the molecule is CC(C)(C)OC(=O)N1CCCC1(O)c1cc(C#N)ccc1F.